The Bertz CT molecular complexity index is 365. The van der Waals surface area contributed by atoms with E-state index in [9.17, 15) is 5.11 Å². The number of rotatable bonds is 8. The van der Waals surface area contributed by atoms with E-state index in [1.165, 1.54) is 19.3 Å². The van der Waals surface area contributed by atoms with Crippen LogP contribution < -0.4 is 5.32 Å². The second-order valence-electron chi connectivity index (χ2n) is 5.41. The summed E-state index contributed by atoms with van der Waals surface area (Å²) in [7, 11) is 0. The minimum atomic E-state index is 0.316. The van der Waals surface area contributed by atoms with Crippen LogP contribution in [0.1, 0.15) is 37.2 Å². The number of likely N-dealkylation sites (tertiary alicyclic amines) is 1. The number of aliphatic hydroxyl groups excluding tert-OH is 1. The van der Waals surface area contributed by atoms with Gasteiger partial charge in [-0.05, 0) is 64.4 Å². The second-order valence-corrected chi connectivity index (χ2v) is 5.41. The first-order valence-corrected chi connectivity index (χ1v) is 7.40. The third-order valence-electron chi connectivity index (χ3n) is 3.85. The molecule has 0 bridgehead atoms. The van der Waals surface area contributed by atoms with Crippen molar-refractivity contribution < 1.29 is 9.52 Å². The molecule has 19 heavy (non-hydrogen) atoms. The maximum absolute atomic E-state index is 9.24. The Morgan fingerprint density at radius 2 is 2.32 bits per heavy atom. The molecule has 1 aromatic rings. The average molecular weight is 266 g/mol. The smallest absolute Gasteiger partial charge is 0.117 e. The van der Waals surface area contributed by atoms with E-state index < -0.39 is 0 Å². The van der Waals surface area contributed by atoms with Crippen LogP contribution in [-0.2, 0) is 6.54 Å². The highest BCUT2D eigenvalue weighted by atomic mass is 16.3. The van der Waals surface area contributed by atoms with Gasteiger partial charge in [0.25, 0.3) is 0 Å². The van der Waals surface area contributed by atoms with Crippen molar-refractivity contribution >= 4 is 0 Å². The highest BCUT2D eigenvalue weighted by molar-refractivity contribution is 5.04. The normalized spacial score (nSPS) is 20.2. The Balaban J connectivity index is 1.50. The molecule has 4 heteroatoms. The van der Waals surface area contributed by atoms with E-state index >= 15 is 0 Å². The summed E-state index contributed by atoms with van der Waals surface area (Å²) in [4.78, 5) is 2.43. The molecule has 1 atom stereocenters. The highest BCUT2D eigenvalue weighted by Gasteiger charge is 2.22. The fourth-order valence-corrected chi connectivity index (χ4v) is 2.75. The fraction of sp³-hybridized carbons (Fsp3) is 0.733. The number of unbranched alkanes of at least 4 members (excludes halogenated alkanes) is 1. The molecule has 0 aromatic carbocycles. The van der Waals surface area contributed by atoms with Gasteiger partial charge in [0.15, 0.2) is 0 Å². The Hall–Kier alpha value is -0.840. The van der Waals surface area contributed by atoms with Gasteiger partial charge in [0.05, 0.1) is 13.2 Å². The van der Waals surface area contributed by atoms with Crippen LogP contribution in [0.25, 0.3) is 0 Å². The Morgan fingerprint density at radius 3 is 3.05 bits per heavy atom. The molecule has 1 fully saturated rings. The molecule has 108 valence electrons. The molecule has 1 aliphatic rings. The van der Waals surface area contributed by atoms with Gasteiger partial charge < -0.3 is 14.8 Å². The molecule has 0 amide bonds. The predicted molar refractivity (Wildman–Crippen MR) is 76.1 cm³/mol. The number of hydrogen-bond donors (Lipinski definition) is 2. The standard InChI is InChI=1S/C15H26N2O2/c1-13-6-7-15(19-13)11-16-8-2-3-9-17-10-4-5-14(17)12-18/h6-7,14,16,18H,2-5,8-12H2,1H3. The molecule has 1 aromatic heterocycles. The maximum Gasteiger partial charge on any atom is 0.117 e. The van der Waals surface area contributed by atoms with Crippen LogP contribution in [0.2, 0.25) is 0 Å². The lowest BCUT2D eigenvalue weighted by molar-refractivity contribution is 0.157. The summed E-state index contributed by atoms with van der Waals surface area (Å²) < 4.78 is 5.50. The lowest BCUT2D eigenvalue weighted by Gasteiger charge is -2.22. The van der Waals surface area contributed by atoms with E-state index in [1.54, 1.807) is 0 Å². The first-order valence-electron chi connectivity index (χ1n) is 7.40. The van der Waals surface area contributed by atoms with Crippen LogP contribution in [0, 0.1) is 6.92 Å². The summed E-state index contributed by atoms with van der Waals surface area (Å²) in [5.41, 5.74) is 0. The highest BCUT2D eigenvalue weighted by Crippen LogP contribution is 2.16. The monoisotopic (exact) mass is 266 g/mol. The SMILES string of the molecule is Cc1ccc(CNCCCCN2CCCC2CO)o1. The zero-order valence-electron chi connectivity index (χ0n) is 11.9. The lowest BCUT2D eigenvalue weighted by atomic mass is 10.2. The Labute approximate surface area is 115 Å². The van der Waals surface area contributed by atoms with Gasteiger partial charge in [-0.3, -0.25) is 4.90 Å². The van der Waals surface area contributed by atoms with Crippen LogP contribution in [-0.4, -0.2) is 42.3 Å². The van der Waals surface area contributed by atoms with Gasteiger partial charge >= 0.3 is 0 Å². The molecule has 0 aliphatic carbocycles. The maximum atomic E-state index is 9.24. The van der Waals surface area contributed by atoms with E-state index in [1.807, 2.05) is 19.1 Å². The van der Waals surface area contributed by atoms with Gasteiger partial charge in [-0.15, -0.1) is 0 Å². The van der Waals surface area contributed by atoms with E-state index in [4.69, 9.17) is 4.42 Å². The van der Waals surface area contributed by atoms with Crippen molar-refractivity contribution in [1.82, 2.24) is 10.2 Å². The first kappa shape index (κ1) is 14.6. The molecule has 0 radical (unpaired) electrons. The van der Waals surface area contributed by atoms with E-state index in [-0.39, 0.29) is 0 Å². The van der Waals surface area contributed by atoms with Gasteiger partial charge in [-0.1, -0.05) is 0 Å². The topological polar surface area (TPSA) is 48.6 Å². The zero-order valence-corrected chi connectivity index (χ0v) is 11.9. The van der Waals surface area contributed by atoms with Crippen LogP contribution >= 0.6 is 0 Å². The summed E-state index contributed by atoms with van der Waals surface area (Å²) in [6.07, 6.45) is 4.77. The van der Waals surface area contributed by atoms with Gasteiger partial charge in [-0.2, -0.15) is 0 Å². The number of furan rings is 1. The quantitative estimate of drug-likeness (QED) is 0.706. The van der Waals surface area contributed by atoms with Gasteiger partial charge in [0, 0.05) is 6.04 Å². The second kappa shape index (κ2) is 7.68. The van der Waals surface area contributed by atoms with Crippen LogP contribution in [0.4, 0.5) is 0 Å². The summed E-state index contributed by atoms with van der Waals surface area (Å²) in [6, 6.07) is 4.44. The van der Waals surface area contributed by atoms with Crippen molar-refractivity contribution in [1.29, 1.82) is 0 Å². The van der Waals surface area contributed by atoms with Crippen molar-refractivity contribution in [2.24, 2.45) is 0 Å². The zero-order chi connectivity index (χ0) is 13.5. The minimum absolute atomic E-state index is 0.316. The summed E-state index contributed by atoms with van der Waals surface area (Å²) in [5, 5.41) is 12.6. The molecule has 4 nitrogen and oxygen atoms in total. The fourth-order valence-electron chi connectivity index (χ4n) is 2.75. The summed E-state index contributed by atoms with van der Waals surface area (Å²) in [6.45, 7) is 6.40. The third-order valence-corrected chi connectivity index (χ3v) is 3.85. The number of nitrogens with zero attached hydrogens (tertiary/aromatic N) is 1. The molecule has 2 heterocycles. The van der Waals surface area contributed by atoms with Crippen LogP contribution in [0.15, 0.2) is 16.5 Å². The number of aliphatic hydroxyl groups is 1. The van der Waals surface area contributed by atoms with Crippen molar-refractivity contribution in [2.45, 2.75) is 45.2 Å². The molecule has 0 saturated carbocycles. The molecule has 1 aliphatic heterocycles. The molecule has 2 rings (SSSR count). The minimum Gasteiger partial charge on any atom is -0.465 e. The average Bonchev–Trinajstić information content (AvgIpc) is 3.02. The van der Waals surface area contributed by atoms with Crippen molar-refractivity contribution in [3.05, 3.63) is 23.7 Å². The Kier molecular flexibility index (Phi) is 5.89. The van der Waals surface area contributed by atoms with Crippen molar-refractivity contribution in [2.75, 3.05) is 26.2 Å². The van der Waals surface area contributed by atoms with Crippen molar-refractivity contribution in [3.8, 4) is 0 Å². The van der Waals surface area contributed by atoms with Gasteiger partial charge in [0.2, 0.25) is 0 Å². The lowest BCUT2D eigenvalue weighted by Crippen LogP contribution is -2.33. The largest absolute Gasteiger partial charge is 0.465 e. The number of aryl methyl sites for hydroxylation is 1. The Morgan fingerprint density at radius 1 is 1.42 bits per heavy atom. The first-order chi connectivity index (χ1) is 9.29. The van der Waals surface area contributed by atoms with Crippen LogP contribution in [0.5, 0.6) is 0 Å². The molecular formula is C15H26N2O2. The predicted octanol–water partition coefficient (Wildman–Crippen LogP) is 1.91. The molecule has 1 saturated heterocycles. The number of nitrogens with one attached hydrogen (secondary N) is 1. The number of hydrogen-bond acceptors (Lipinski definition) is 4. The van der Waals surface area contributed by atoms with E-state index in [2.05, 4.69) is 10.2 Å². The molecule has 0 spiro atoms. The molecular weight excluding hydrogens is 240 g/mol. The van der Waals surface area contributed by atoms with Crippen molar-refractivity contribution in [3.63, 3.8) is 0 Å². The van der Waals surface area contributed by atoms with Gasteiger partial charge in [0.1, 0.15) is 11.5 Å². The molecule has 2 N–H and O–H groups in total. The summed E-state index contributed by atoms with van der Waals surface area (Å²) in [5.74, 6) is 1.98. The molecule has 1 unspecified atom stereocenters. The van der Waals surface area contributed by atoms with E-state index in [0.717, 1.165) is 44.1 Å². The van der Waals surface area contributed by atoms with E-state index in [0.29, 0.717) is 12.6 Å². The van der Waals surface area contributed by atoms with Gasteiger partial charge in [-0.25, -0.2) is 0 Å². The third kappa shape index (κ3) is 4.64. The summed E-state index contributed by atoms with van der Waals surface area (Å²) >= 11 is 0. The van der Waals surface area contributed by atoms with Crippen LogP contribution in [0.3, 0.4) is 0 Å².